The van der Waals surface area contributed by atoms with E-state index in [2.05, 4.69) is 228 Å². The maximum absolute atomic E-state index is 6.55. The van der Waals surface area contributed by atoms with Crippen molar-refractivity contribution in [3.8, 4) is 22.3 Å². The van der Waals surface area contributed by atoms with E-state index in [-0.39, 0.29) is 0 Å². The quantitative estimate of drug-likeness (QED) is 0.152. The number of thiophene rings is 2. The van der Waals surface area contributed by atoms with Crippen LogP contribution in [-0.4, -0.2) is 0 Å². The van der Waals surface area contributed by atoms with Crippen LogP contribution >= 0.6 is 22.7 Å². The molecule has 0 radical (unpaired) electrons. The Balaban J connectivity index is 0.940. The van der Waals surface area contributed by atoms with Crippen LogP contribution in [0.1, 0.15) is 0 Å². The van der Waals surface area contributed by atoms with Gasteiger partial charge in [0.05, 0.1) is 0 Å². The summed E-state index contributed by atoms with van der Waals surface area (Å²) >= 11 is 3.57. The van der Waals surface area contributed by atoms with E-state index in [0.29, 0.717) is 0 Å². The van der Waals surface area contributed by atoms with Crippen molar-refractivity contribution in [2.24, 2.45) is 0 Å². The lowest BCUT2D eigenvalue weighted by molar-refractivity contribution is 0.678. The molecular weight excluding hydrogens is 781 g/mol. The summed E-state index contributed by atoms with van der Waals surface area (Å²) in [5.74, 6) is 0. The van der Waals surface area contributed by atoms with Crippen LogP contribution in [0.5, 0.6) is 0 Å². The van der Waals surface area contributed by atoms with E-state index in [1.54, 1.807) is 11.3 Å². The maximum atomic E-state index is 6.55. The van der Waals surface area contributed by atoms with Gasteiger partial charge in [0, 0.05) is 75.2 Å². The smallest absolute Gasteiger partial charge is 0.190 e. The zero-order chi connectivity index (χ0) is 40.3. The van der Waals surface area contributed by atoms with Gasteiger partial charge < -0.3 is 14.2 Å². The van der Waals surface area contributed by atoms with Gasteiger partial charge in [-0.2, -0.15) is 0 Å². The molecule has 0 saturated heterocycles. The van der Waals surface area contributed by atoms with E-state index in [9.17, 15) is 0 Å². The number of benzene rings is 9. The summed E-state index contributed by atoms with van der Waals surface area (Å²) in [5, 5.41) is 6.12. The molecule has 5 heteroatoms. The SMILES string of the molecule is c1ccc(N(c2ccccc2)c2cccc(-c3ccc4oc5sc6ccc(-c7cccc(N(c8ccccc8)c8ccc9c(c8)sc8ccccc89)c7)cc6c5c4c3)c2)cc1. The number of hydrogen-bond donors (Lipinski definition) is 0. The van der Waals surface area contributed by atoms with E-state index in [1.807, 2.05) is 11.3 Å². The Morgan fingerprint density at radius 1 is 0.295 bits per heavy atom. The highest BCUT2D eigenvalue weighted by molar-refractivity contribution is 7.26. The third kappa shape index (κ3) is 6.26. The number of hydrogen-bond acceptors (Lipinski definition) is 5. The first kappa shape index (κ1) is 35.5. The van der Waals surface area contributed by atoms with Gasteiger partial charge in [-0.1, -0.05) is 127 Å². The molecule has 0 N–H and O–H groups in total. The number of rotatable bonds is 8. The van der Waals surface area contributed by atoms with Crippen LogP contribution < -0.4 is 9.80 Å². The van der Waals surface area contributed by atoms with Crippen molar-refractivity contribution < 1.29 is 4.42 Å². The van der Waals surface area contributed by atoms with Crippen molar-refractivity contribution in [3.63, 3.8) is 0 Å². The van der Waals surface area contributed by atoms with Crippen molar-refractivity contribution >= 4 is 108 Å². The summed E-state index contributed by atoms with van der Waals surface area (Å²) in [6.07, 6.45) is 0. The summed E-state index contributed by atoms with van der Waals surface area (Å²) in [5.41, 5.74) is 12.2. The molecule has 61 heavy (non-hydrogen) atoms. The van der Waals surface area contributed by atoms with Crippen LogP contribution in [0.15, 0.2) is 223 Å². The fourth-order valence-corrected chi connectivity index (χ4v) is 11.0. The van der Waals surface area contributed by atoms with Crippen LogP contribution in [0.4, 0.5) is 34.1 Å². The highest BCUT2D eigenvalue weighted by Crippen LogP contribution is 2.45. The molecule has 9 aromatic carbocycles. The van der Waals surface area contributed by atoms with E-state index in [1.165, 1.54) is 41.2 Å². The number of furan rings is 1. The molecule has 3 nitrogen and oxygen atoms in total. The number of anilines is 6. The second-order valence-electron chi connectivity index (χ2n) is 15.3. The zero-order valence-electron chi connectivity index (χ0n) is 32.9. The third-order valence-corrected chi connectivity index (χ3v) is 13.8. The second kappa shape index (κ2) is 14.7. The van der Waals surface area contributed by atoms with Gasteiger partial charge in [0.15, 0.2) is 4.90 Å². The minimum atomic E-state index is 0.903. The molecule has 0 atom stereocenters. The van der Waals surface area contributed by atoms with Gasteiger partial charge in [-0.25, -0.2) is 0 Å². The molecule has 0 unspecified atom stereocenters. The first-order valence-corrected chi connectivity index (χ1v) is 22.1. The normalized spacial score (nSPS) is 11.6. The lowest BCUT2D eigenvalue weighted by atomic mass is 9.99. The number of nitrogens with zero attached hydrogens (tertiary/aromatic N) is 2. The highest BCUT2D eigenvalue weighted by Gasteiger charge is 2.19. The monoisotopic (exact) mass is 816 g/mol. The van der Waals surface area contributed by atoms with E-state index in [0.717, 1.165) is 66.7 Å². The molecule has 0 bridgehead atoms. The van der Waals surface area contributed by atoms with Crippen LogP contribution in [0, 0.1) is 0 Å². The Morgan fingerprint density at radius 2 is 0.787 bits per heavy atom. The van der Waals surface area contributed by atoms with Gasteiger partial charge in [-0.3, -0.25) is 0 Å². The molecule has 0 aliphatic carbocycles. The first-order chi connectivity index (χ1) is 30.2. The van der Waals surface area contributed by atoms with Gasteiger partial charge in [0.25, 0.3) is 0 Å². The van der Waals surface area contributed by atoms with Gasteiger partial charge >= 0.3 is 0 Å². The highest BCUT2D eigenvalue weighted by atomic mass is 32.1. The Labute approximate surface area is 361 Å². The number of para-hydroxylation sites is 3. The van der Waals surface area contributed by atoms with Gasteiger partial charge in [-0.05, 0) is 125 Å². The summed E-state index contributed by atoms with van der Waals surface area (Å²) in [6, 6.07) is 78.6. The Hall–Kier alpha value is -7.44. The van der Waals surface area contributed by atoms with Crippen LogP contribution in [0.25, 0.3) is 73.8 Å². The standard InChI is InChI=1S/C56H36N2OS2/c1-4-16-41(17-5-1)57(42-18-6-2-7-19-42)44-22-12-14-37(32-44)39-26-30-51-49(34-39)55-50-35-40(27-31-53(50)61-56(55)59-51)38-15-13-23-45(33-38)58(43-20-8-3-9-21-43)46-28-29-48-47-24-10-11-25-52(47)60-54(48)36-46/h1-36H. The summed E-state index contributed by atoms with van der Waals surface area (Å²) in [4.78, 5) is 5.63. The fraction of sp³-hybridized carbons (Fsp3) is 0. The fourth-order valence-electron chi connectivity index (χ4n) is 8.80. The Morgan fingerprint density at radius 3 is 1.44 bits per heavy atom. The first-order valence-electron chi connectivity index (χ1n) is 20.5. The molecule has 288 valence electrons. The van der Waals surface area contributed by atoms with Gasteiger partial charge in [0.2, 0.25) is 0 Å². The molecular formula is C56H36N2OS2. The lowest BCUT2D eigenvalue weighted by Crippen LogP contribution is -2.09. The molecule has 0 aliphatic rings. The van der Waals surface area contributed by atoms with Crippen molar-refractivity contribution in [2.45, 2.75) is 0 Å². The predicted octanol–water partition coefficient (Wildman–Crippen LogP) is 17.4. The largest absolute Gasteiger partial charge is 0.445 e. The van der Waals surface area contributed by atoms with Crippen LogP contribution in [0.2, 0.25) is 0 Å². The average molecular weight is 817 g/mol. The Bertz CT molecular complexity index is 3510. The lowest BCUT2D eigenvalue weighted by Gasteiger charge is -2.26. The van der Waals surface area contributed by atoms with Crippen molar-refractivity contribution in [1.29, 1.82) is 0 Å². The summed E-state index contributed by atoms with van der Waals surface area (Å²) in [6.45, 7) is 0. The maximum Gasteiger partial charge on any atom is 0.190 e. The summed E-state index contributed by atoms with van der Waals surface area (Å²) < 4.78 is 10.4. The van der Waals surface area contributed by atoms with Crippen molar-refractivity contribution in [2.75, 3.05) is 9.80 Å². The minimum absolute atomic E-state index is 0.903. The van der Waals surface area contributed by atoms with Crippen molar-refractivity contribution in [3.05, 3.63) is 218 Å². The molecule has 0 spiro atoms. The molecule has 0 aliphatic heterocycles. The van der Waals surface area contributed by atoms with Crippen molar-refractivity contribution in [1.82, 2.24) is 0 Å². The van der Waals surface area contributed by atoms with E-state index < -0.39 is 0 Å². The summed E-state index contributed by atoms with van der Waals surface area (Å²) in [7, 11) is 0. The van der Waals surface area contributed by atoms with E-state index >= 15 is 0 Å². The topological polar surface area (TPSA) is 19.6 Å². The molecule has 3 heterocycles. The van der Waals surface area contributed by atoms with Gasteiger partial charge in [-0.15, -0.1) is 11.3 Å². The molecule has 0 amide bonds. The molecule has 12 rings (SSSR count). The zero-order valence-corrected chi connectivity index (χ0v) is 34.5. The van der Waals surface area contributed by atoms with E-state index in [4.69, 9.17) is 4.42 Å². The molecule has 0 fully saturated rings. The van der Waals surface area contributed by atoms with Gasteiger partial charge in [0.1, 0.15) is 5.58 Å². The Kier molecular flexibility index (Phi) is 8.54. The second-order valence-corrected chi connectivity index (χ2v) is 17.4. The molecule has 3 aromatic heterocycles. The van der Waals surface area contributed by atoms with Crippen LogP contribution in [-0.2, 0) is 0 Å². The van der Waals surface area contributed by atoms with Crippen LogP contribution in [0.3, 0.4) is 0 Å². The minimum Gasteiger partial charge on any atom is -0.445 e. The molecule has 12 aromatic rings. The molecule has 0 saturated carbocycles. The third-order valence-electron chi connectivity index (χ3n) is 11.6. The number of fused-ring (bicyclic) bond motifs is 8. The average Bonchev–Trinajstić information content (AvgIpc) is 4.00. The predicted molar refractivity (Wildman–Crippen MR) is 262 cm³/mol.